The Labute approximate surface area is 185 Å². The average Bonchev–Trinajstić information content (AvgIpc) is 2.73. The van der Waals surface area contributed by atoms with E-state index in [1.54, 1.807) is 0 Å². The maximum absolute atomic E-state index is 14.0. The number of ether oxygens (including phenoxy) is 1. The molecule has 0 bridgehead atoms. The van der Waals surface area contributed by atoms with Crippen LogP contribution in [0.3, 0.4) is 0 Å². The van der Waals surface area contributed by atoms with E-state index in [1.165, 1.54) is 36.4 Å². The molecule has 0 heterocycles. The van der Waals surface area contributed by atoms with Gasteiger partial charge in [0, 0.05) is 12.1 Å². The molecule has 0 aliphatic carbocycles. The first-order valence-electron chi connectivity index (χ1n) is 9.87. The van der Waals surface area contributed by atoms with Gasteiger partial charge in [-0.2, -0.15) is 0 Å². The molecule has 4 aromatic carbocycles. The van der Waals surface area contributed by atoms with Crippen LogP contribution in [0.25, 0.3) is 0 Å². The van der Waals surface area contributed by atoms with Crippen molar-refractivity contribution >= 4 is 0 Å². The summed E-state index contributed by atoms with van der Waals surface area (Å²) < 4.78 is 90.1. The lowest BCUT2D eigenvalue weighted by molar-refractivity contribution is 0.0299. The Morgan fingerprint density at radius 1 is 0.394 bits per heavy atom. The van der Waals surface area contributed by atoms with Crippen molar-refractivity contribution in [3.05, 3.63) is 142 Å². The molecule has 0 spiro atoms. The summed E-state index contributed by atoms with van der Waals surface area (Å²) >= 11 is 0. The smallest absolute Gasteiger partial charge is 0.126 e. The van der Waals surface area contributed by atoms with Crippen LogP contribution in [0, 0.1) is 34.9 Å². The molecular weight excluding hydrogens is 442 g/mol. The largest absolute Gasteiger partial charge is 0.356 e. The summed E-state index contributed by atoms with van der Waals surface area (Å²) in [7, 11) is 0. The highest BCUT2D eigenvalue weighted by molar-refractivity contribution is 5.35. The number of rotatable bonds is 6. The molecule has 0 amide bonds. The Morgan fingerprint density at radius 2 is 0.727 bits per heavy atom. The van der Waals surface area contributed by atoms with Crippen LogP contribution in [0.4, 0.5) is 26.3 Å². The highest BCUT2D eigenvalue weighted by Crippen LogP contribution is 2.37. The molecule has 0 aliphatic heterocycles. The lowest BCUT2D eigenvalue weighted by Gasteiger charge is -2.27. The SMILES string of the molecule is Fc1cccc(C(OC(c2cccc(F)c2)c2cc(F)cc(F)c2)c2cc(F)cc(F)c2)c1. The average molecular weight is 458 g/mol. The van der Waals surface area contributed by atoms with Gasteiger partial charge in [-0.15, -0.1) is 0 Å². The fraction of sp³-hybridized carbons (Fsp3) is 0.0769. The first-order valence-corrected chi connectivity index (χ1v) is 9.87. The van der Waals surface area contributed by atoms with Crippen molar-refractivity contribution in [2.24, 2.45) is 0 Å². The Balaban J connectivity index is 1.88. The maximum Gasteiger partial charge on any atom is 0.126 e. The molecule has 7 heteroatoms. The van der Waals surface area contributed by atoms with E-state index in [9.17, 15) is 26.3 Å². The highest BCUT2D eigenvalue weighted by Gasteiger charge is 2.26. The second-order valence-corrected chi connectivity index (χ2v) is 7.41. The summed E-state index contributed by atoms with van der Waals surface area (Å²) in [5, 5.41) is 0. The summed E-state index contributed by atoms with van der Waals surface area (Å²) in [6.45, 7) is 0. The van der Waals surface area contributed by atoms with Crippen molar-refractivity contribution in [1.29, 1.82) is 0 Å². The minimum Gasteiger partial charge on any atom is -0.356 e. The molecule has 33 heavy (non-hydrogen) atoms. The van der Waals surface area contributed by atoms with E-state index in [1.807, 2.05) is 0 Å². The van der Waals surface area contributed by atoms with Gasteiger partial charge in [-0.1, -0.05) is 24.3 Å². The van der Waals surface area contributed by atoms with E-state index in [-0.39, 0.29) is 22.3 Å². The molecule has 2 unspecified atom stereocenters. The van der Waals surface area contributed by atoms with Crippen LogP contribution in [0.1, 0.15) is 34.5 Å². The molecule has 0 aromatic heterocycles. The van der Waals surface area contributed by atoms with E-state index < -0.39 is 47.1 Å². The molecule has 168 valence electrons. The zero-order chi connectivity index (χ0) is 23.5. The summed E-state index contributed by atoms with van der Waals surface area (Å²) in [5.41, 5.74) is 0.379. The topological polar surface area (TPSA) is 9.23 Å². The lowest BCUT2D eigenvalue weighted by atomic mass is 9.97. The first kappa shape index (κ1) is 22.6. The molecular formula is C26H16F6O. The van der Waals surface area contributed by atoms with Crippen molar-refractivity contribution in [1.82, 2.24) is 0 Å². The van der Waals surface area contributed by atoms with Crippen LogP contribution in [-0.2, 0) is 4.74 Å². The zero-order valence-electron chi connectivity index (χ0n) is 16.9. The quantitative estimate of drug-likeness (QED) is 0.273. The third-order valence-electron chi connectivity index (χ3n) is 4.95. The van der Waals surface area contributed by atoms with Gasteiger partial charge in [-0.3, -0.25) is 0 Å². The molecule has 0 radical (unpaired) electrons. The minimum atomic E-state index is -1.26. The minimum absolute atomic E-state index is 0.00335. The van der Waals surface area contributed by atoms with Crippen LogP contribution in [0.5, 0.6) is 0 Å². The molecule has 0 fully saturated rings. The lowest BCUT2D eigenvalue weighted by Crippen LogP contribution is -2.14. The van der Waals surface area contributed by atoms with Crippen molar-refractivity contribution in [2.45, 2.75) is 12.2 Å². The highest BCUT2D eigenvalue weighted by atomic mass is 19.2. The number of benzene rings is 4. The Hall–Kier alpha value is -3.58. The summed E-state index contributed by atoms with van der Waals surface area (Å²) in [5.74, 6) is -4.83. The van der Waals surface area contributed by atoms with E-state index in [4.69, 9.17) is 4.74 Å². The van der Waals surface area contributed by atoms with Gasteiger partial charge in [0.15, 0.2) is 0 Å². The van der Waals surface area contributed by atoms with Gasteiger partial charge in [0.1, 0.15) is 47.1 Å². The third kappa shape index (κ3) is 5.43. The standard InChI is InChI=1S/C26H16F6O/c27-19-5-1-3-15(7-19)25(17-9-21(29)13-22(30)10-17)33-26(16-4-2-6-20(28)8-16)18-11-23(31)14-24(32)12-18/h1-14,25-26H. The van der Waals surface area contributed by atoms with Crippen LogP contribution < -0.4 is 0 Å². The fourth-order valence-corrected chi connectivity index (χ4v) is 3.63. The Bertz CT molecular complexity index is 1150. The number of hydrogen-bond donors (Lipinski definition) is 0. The Kier molecular flexibility index (Phi) is 6.51. The van der Waals surface area contributed by atoms with Gasteiger partial charge in [0.2, 0.25) is 0 Å². The van der Waals surface area contributed by atoms with Gasteiger partial charge in [0.25, 0.3) is 0 Å². The van der Waals surface area contributed by atoms with Crippen molar-refractivity contribution in [2.75, 3.05) is 0 Å². The monoisotopic (exact) mass is 458 g/mol. The fourth-order valence-electron chi connectivity index (χ4n) is 3.63. The van der Waals surface area contributed by atoms with Crippen molar-refractivity contribution in [3.63, 3.8) is 0 Å². The van der Waals surface area contributed by atoms with Crippen molar-refractivity contribution in [3.8, 4) is 0 Å². The van der Waals surface area contributed by atoms with Gasteiger partial charge in [-0.05, 0) is 70.8 Å². The molecule has 4 aromatic rings. The predicted molar refractivity (Wildman–Crippen MR) is 110 cm³/mol. The molecule has 0 N–H and O–H groups in total. The Morgan fingerprint density at radius 3 is 1.06 bits per heavy atom. The van der Waals surface area contributed by atoms with E-state index in [2.05, 4.69) is 0 Å². The molecule has 0 aliphatic rings. The maximum atomic E-state index is 14.0. The molecule has 2 atom stereocenters. The molecule has 0 saturated carbocycles. The van der Waals surface area contributed by atoms with Gasteiger partial charge in [0.05, 0.1) is 0 Å². The number of halogens is 6. The summed E-state index contributed by atoms with van der Waals surface area (Å²) in [4.78, 5) is 0. The molecule has 1 nitrogen and oxygen atoms in total. The second-order valence-electron chi connectivity index (χ2n) is 7.41. The van der Waals surface area contributed by atoms with Gasteiger partial charge >= 0.3 is 0 Å². The van der Waals surface area contributed by atoms with Crippen LogP contribution in [0.2, 0.25) is 0 Å². The third-order valence-corrected chi connectivity index (χ3v) is 4.95. The molecule has 4 rings (SSSR count). The van der Waals surface area contributed by atoms with Crippen LogP contribution in [0.15, 0.2) is 84.9 Å². The van der Waals surface area contributed by atoms with Gasteiger partial charge < -0.3 is 4.74 Å². The van der Waals surface area contributed by atoms with E-state index >= 15 is 0 Å². The van der Waals surface area contributed by atoms with Crippen molar-refractivity contribution < 1.29 is 31.1 Å². The molecule has 0 saturated heterocycles. The first-order chi connectivity index (χ1) is 15.8. The second kappa shape index (κ2) is 9.50. The van der Waals surface area contributed by atoms with Crippen LogP contribution >= 0.6 is 0 Å². The summed E-state index contributed by atoms with van der Waals surface area (Å²) in [6.07, 6.45) is -2.52. The normalized spacial score (nSPS) is 13.0. The van der Waals surface area contributed by atoms with Gasteiger partial charge in [-0.25, -0.2) is 26.3 Å². The number of hydrogen-bond acceptors (Lipinski definition) is 1. The predicted octanol–water partition coefficient (Wildman–Crippen LogP) is 7.42. The zero-order valence-corrected chi connectivity index (χ0v) is 16.9. The van der Waals surface area contributed by atoms with E-state index in [0.717, 1.165) is 36.4 Å². The van der Waals surface area contributed by atoms with Crippen LogP contribution in [-0.4, -0.2) is 0 Å². The van der Waals surface area contributed by atoms with E-state index in [0.29, 0.717) is 12.1 Å². The summed E-state index contributed by atoms with van der Waals surface area (Å²) in [6, 6.07) is 15.7.